The average Bonchev–Trinajstić information content (AvgIpc) is 2.88. The average molecular weight is 358 g/mol. The molecule has 0 bridgehead atoms. The molecule has 2 heterocycles. The lowest BCUT2D eigenvalue weighted by atomic mass is 10.2. The molecule has 106 valence electrons. The fourth-order valence-electron chi connectivity index (χ4n) is 2.24. The van der Waals surface area contributed by atoms with E-state index in [2.05, 4.69) is 43.3 Å². The van der Waals surface area contributed by atoms with Crippen molar-refractivity contribution in [3.8, 4) is 11.5 Å². The fraction of sp³-hybridized carbons (Fsp3) is 0.385. The maximum atomic E-state index is 6.21. The minimum atomic E-state index is 0.135. The third kappa shape index (κ3) is 2.74. The number of nitrogens with zero attached hydrogens (tertiary/aromatic N) is 3. The normalized spacial score (nSPS) is 20.2. The van der Waals surface area contributed by atoms with Gasteiger partial charge >= 0.3 is 0 Å². The van der Waals surface area contributed by atoms with Gasteiger partial charge in [0.25, 0.3) is 5.89 Å². The summed E-state index contributed by atoms with van der Waals surface area (Å²) in [5, 5.41) is 8.02. The zero-order valence-electron chi connectivity index (χ0n) is 10.9. The van der Waals surface area contributed by atoms with Gasteiger partial charge in [0, 0.05) is 24.1 Å². The molecule has 0 radical (unpaired) electrons. The third-order valence-corrected chi connectivity index (χ3v) is 4.22. The van der Waals surface area contributed by atoms with Crippen LogP contribution in [0.2, 0.25) is 5.02 Å². The van der Waals surface area contributed by atoms with Gasteiger partial charge in [-0.2, -0.15) is 4.98 Å². The number of aromatic nitrogens is 2. The van der Waals surface area contributed by atoms with E-state index in [1.54, 1.807) is 0 Å². The van der Waals surface area contributed by atoms with E-state index in [4.69, 9.17) is 16.1 Å². The van der Waals surface area contributed by atoms with Gasteiger partial charge in [0.2, 0.25) is 0 Å². The van der Waals surface area contributed by atoms with Crippen molar-refractivity contribution in [2.75, 3.05) is 26.7 Å². The number of halogens is 2. The smallest absolute Gasteiger partial charge is 0.259 e. The Labute approximate surface area is 130 Å². The second-order valence-corrected chi connectivity index (χ2v) is 6.11. The van der Waals surface area contributed by atoms with Crippen molar-refractivity contribution < 1.29 is 4.52 Å². The van der Waals surface area contributed by atoms with Crippen molar-refractivity contribution in [2.24, 2.45) is 0 Å². The Morgan fingerprint density at radius 1 is 1.50 bits per heavy atom. The topological polar surface area (TPSA) is 54.2 Å². The SMILES string of the molecule is CN1CCNCC1c1noc(-c2ccc(Br)cc2Cl)n1. The molecule has 1 aromatic carbocycles. The highest BCUT2D eigenvalue weighted by molar-refractivity contribution is 9.10. The van der Waals surface area contributed by atoms with Crippen LogP contribution >= 0.6 is 27.5 Å². The predicted molar refractivity (Wildman–Crippen MR) is 80.7 cm³/mol. The standard InChI is InChI=1S/C13H14BrClN4O/c1-19-5-4-16-7-11(19)12-17-13(20-18-12)9-3-2-8(14)6-10(9)15/h2-3,6,11,16H,4-5,7H2,1H3. The molecule has 1 atom stereocenters. The van der Waals surface area contributed by atoms with Crippen LogP contribution in [0.1, 0.15) is 11.9 Å². The molecule has 5 nitrogen and oxygen atoms in total. The summed E-state index contributed by atoms with van der Waals surface area (Å²) in [7, 11) is 2.06. The molecule has 1 N–H and O–H groups in total. The zero-order chi connectivity index (χ0) is 14.1. The van der Waals surface area contributed by atoms with Crippen LogP contribution in [-0.2, 0) is 0 Å². The van der Waals surface area contributed by atoms with Gasteiger partial charge in [-0.3, -0.25) is 4.90 Å². The Kier molecular flexibility index (Phi) is 4.07. The maximum Gasteiger partial charge on any atom is 0.259 e. The largest absolute Gasteiger partial charge is 0.334 e. The summed E-state index contributed by atoms with van der Waals surface area (Å²) in [6, 6.07) is 5.72. The van der Waals surface area contributed by atoms with Crippen molar-refractivity contribution in [1.82, 2.24) is 20.4 Å². The van der Waals surface area contributed by atoms with Gasteiger partial charge in [-0.05, 0) is 25.2 Å². The van der Waals surface area contributed by atoms with Crippen molar-refractivity contribution in [2.45, 2.75) is 6.04 Å². The Morgan fingerprint density at radius 3 is 3.10 bits per heavy atom. The molecule has 1 aliphatic rings. The van der Waals surface area contributed by atoms with E-state index in [9.17, 15) is 0 Å². The van der Waals surface area contributed by atoms with Crippen molar-refractivity contribution in [1.29, 1.82) is 0 Å². The molecule has 3 rings (SSSR count). The molecule has 1 fully saturated rings. The van der Waals surface area contributed by atoms with Crippen LogP contribution in [-0.4, -0.2) is 41.7 Å². The Bertz CT molecular complexity index is 618. The Hall–Kier alpha value is -0.950. The van der Waals surface area contributed by atoms with E-state index < -0.39 is 0 Å². The lowest BCUT2D eigenvalue weighted by molar-refractivity contribution is 0.190. The summed E-state index contributed by atoms with van der Waals surface area (Å²) in [6.07, 6.45) is 0. The van der Waals surface area contributed by atoms with Crippen LogP contribution in [0.25, 0.3) is 11.5 Å². The van der Waals surface area contributed by atoms with Crippen LogP contribution in [0.3, 0.4) is 0 Å². The van der Waals surface area contributed by atoms with E-state index in [-0.39, 0.29) is 6.04 Å². The Balaban J connectivity index is 1.89. The molecular formula is C13H14BrClN4O. The minimum absolute atomic E-state index is 0.135. The number of hydrogen-bond acceptors (Lipinski definition) is 5. The van der Waals surface area contributed by atoms with E-state index >= 15 is 0 Å². The molecule has 0 aliphatic carbocycles. The lowest BCUT2D eigenvalue weighted by Gasteiger charge is -2.30. The maximum absolute atomic E-state index is 6.21. The summed E-state index contributed by atoms with van der Waals surface area (Å²) in [6.45, 7) is 2.77. The van der Waals surface area contributed by atoms with E-state index in [1.807, 2.05) is 18.2 Å². The molecular weight excluding hydrogens is 344 g/mol. The molecule has 0 amide bonds. The molecule has 7 heteroatoms. The number of likely N-dealkylation sites (N-methyl/N-ethyl adjacent to an activating group) is 1. The van der Waals surface area contributed by atoms with Gasteiger partial charge in [0.05, 0.1) is 16.6 Å². The molecule has 0 spiro atoms. The van der Waals surface area contributed by atoms with Crippen molar-refractivity contribution >= 4 is 27.5 Å². The van der Waals surface area contributed by atoms with Gasteiger partial charge in [0.15, 0.2) is 5.82 Å². The van der Waals surface area contributed by atoms with Crippen LogP contribution < -0.4 is 5.32 Å². The third-order valence-electron chi connectivity index (χ3n) is 3.41. The van der Waals surface area contributed by atoms with Gasteiger partial charge < -0.3 is 9.84 Å². The molecule has 1 saturated heterocycles. The quantitative estimate of drug-likeness (QED) is 0.895. The van der Waals surface area contributed by atoms with Gasteiger partial charge in [0.1, 0.15) is 0 Å². The molecule has 1 unspecified atom stereocenters. The molecule has 1 aromatic heterocycles. The number of rotatable bonds is 2. The van der Waals surface area contributed by atoms with Crippen LogP contribution in [0, 0.1) is 0 Å². The highest BCUT2D eigenvalue weighted by atomic mass is 79.9. The van der Waals surface area contributed by atoms with E-state index in [1.165, 1.54) is 0 Å². The predicted octanol–water partition coefficient (Wildman–Crippen LogP) is 2.73. The van der Waals surface area contributed by atoms with E-state index in [0.29, 0.717) is 16.7 Å². The van der Waals surface area contributed by atoms with Crippen LogP contribution in [0.4, 0.5) is 0 Å². The van der Waals surface area contributed by atoms with Gasteiger partial charge in [-0.25, -0.2) is 0 Å². The first-order chi connectivity index (χ1) is 9.65. The first kappa shape index (κ1) is 14.0. The lowest BCUT2D eigenvalue weighted by Crippen LogP contribution is -2.44. The fourth-order valence-corrected chi connectivity index (χ4v) is 2.99. The second kappa shape index (κ2) is 5.81. The van der Waals surface area contributed by atoms with Gasteiger partial charge in [-0.1, -0.05) is 32.7 Å². The number of piperazine rings is 1. The second-order valence-electron chi connectivity index (χ2n) is 4.78. The molecule has 0 saturated carbocycles. The number of nitrogens with one attached hydrogen (secondary N) is 1. The highest BCUT2D eigenvalue weighted by Gasteiger charge is 2.25. The van der Waals surface area contributed by atoms with Gasteiger partial charge in [-0.15, -0.1) is 0 Å². The summed E-state index contributed by atoms with van der Waals surface area (Å²) in [5.74, 6) is 1.14. The highest BCUT2D eigenvalue weighted by Crippen LogP contribution is 2.30. The summed E-state index contributed by atoms with van der Waals surface area (Å²) in [5.41, 5.74) is 0.750. The van der Waals surface area contributed by atoms with Crippen LogP contribution in [0.15, 0.2) is 27.2 Å². The first-order valence-corrected chi connectivity index (χ1v) is 7.52. The van der Waals surface area contributed by atoms with Crippen LogP contribution in [0.5, 0.6) is 0 Å². The number of hydrogen-bond donors (Lipinski definition) is 1. The molecule has 20 heavy (non-hydrogen) atoms. The molecule has 1 aliphatic heterocycles. The zero-order valence-corrected chi connectivity index (χ0v) is 13.3. The summed E-state index contributed by atoms with van der Waals surface area (Å²) >= 11 is 9.59. The molecule has 2 aromatic rings. The van der Waals surface area contributed by atoms with Crippen molar-refractivity contribution in [3.63, 3.8) is 0 Å². The monoisotopic (exact) mass is 356 g/mol. The first-order valence-electron chi connectivity index (χ1n) is 6.35. The summed E-state index contributed by atoms with van der Waals surface area (Å²) < 4.78 is 6.28. The van der Waals surface area contributed by atoms with Crippen molar-refractivity contribution in [3.05, 3.63) is 33.5 Å². The number of benzene rings is 1. The minimum Gasteiger partial charge on any atom is -0.334 e. The Morgan fingerprint density at radius 2 is 2.35 bits per heavy atom. The summed E-state index contributed by atoms with van der Waals surface area (Å²) in [4.78, 5) is 6.70. The van der Waals surface area contributed by atoms with E-state index in [0.717, 1.165) is 29.7 Å².